The van der Waals surface area contributed by atoms with Gasteiger partial charge in [0, 0.05) is 21.6 Å². The predicted molar refractivity (Wildman–Crippen MR) is 86.2 cm³/mol. The van der Waals surface area contributed by atoms with Gasteiger partial charge in [-0.2, -0.15) is 5.26 Å². The van der Waals surface area contributed by atoms with E-state index in [9.17, 15) is 4.79 Å². The number of primary amides is 1. The van der Waals surface area contributed by atoms with E-state index in [1.165, 1.54) is 6.07 Å². The molecule has 2 aromatic carbocycles. The molecule has 0 radical (unpaired) electrons. The van der Waals surface area contributed by atoms with E-state index in [2.05, 4.69) is 27.3 Å². The number of nitriles is 1. The lowest BCUT2D eigenvalue weighted by Gasteiger charge is -2.10. The highest BCUT2D eigenvalue weighted by molar-refractivity contribution is 9.10. The van der Waals surface area contributed by atoms with Crippen LogP contribution >= 0.6 is 27.5 Å². The molecule has 0 unspecified atom stereocenters. The van der Waals surface area contributed by atoms with Gasteiger partial charge in [-0.15, -0.1) is 0 Å². The van der Waals surface area contributed by atoms with E-state index in [0.29, 0.717) is 28.4 Å². The number of rotatable bonds is 4. The largest absolute Gasteiger partial charge is 0.380 e. The second kappa shape index (κ2) is 6.61. The minimum atomic E-state index is -0.518. The van der Waals surface area contributed by atoms with Crippen molar-refractivity contribution in [2.45, 2.75) is 6.54 Å². The van der Waals surface area contributed by atoms with Crippen LogP contribution < -0.4 is 11.1 Å². The average molecular weight is 365 g/mol. The van der Waals surface area contributed by atoms with Crippen LogP contribution in [-0.4, -0.2) is 5.91 Å². The van der Waals surface area contributed by atoms with Crippen LogP contribution in [0.4, 0.5) is 5.69 Å². The van der Waals surface area contributed by atoms with Crippen LogP contribution in [0.2, 0.25) is 5.02 Å². The SMILES string of the molecule is N#Cc1ccc(Br)cc1NCc1ccc(C(N)=O)cc1Cl. The molecule has 3 N–H and O–H groups in total. The third kappa shape index (κ3) is 3.75. The first-order valence-electron chi connectivity index (χ1n) is 6.03. The molecule has 106 valence electrons. The van der Waals surface area contributed by atoms with Gasteiger partial charge >= 0.3 is 0 Å². The maximum absolute atomic E-state index is 11.1. The number of amides is 1. The number of halogens is 2. The first kappa shape index (κ1) is 15.4. The molecule has 4 nitrogen and oxygen atoms in total. The number of carbonyl (C=O) groups excluding carboxylic acids is 1. The molecule has 21 heavy (non-hydrogen) atoms. The molecule has 0 aromatic heterocycles. The van der Waals surface area contributed by atoms with Crippen LogP contribution in [0.15, 0.2) is 40.9 Å². The molecular formula is C15H11BrClN3O. The van der Waals surface area contributed by atoms with Crippen molar-refractivity contribution in [1.29, 1.82) is 5.26 Å². The lowest BCUT2D eigenvalue weighted by molar-refractivity contribution is 0.100. The Morgan fingerprint density at radius 1 is 1.33 bits per heavy atom. The van der Waals surface area contributed by atoms with E-state index in [-0.39, 0.29) is 0 Å². The fourth-order valence-electron chi connectivity index (χ4n) is 1.79. The van der Waals surface area contributed by atoms with Crippen molar-refractivity contribution in [1.82, 2.24) is 0 Å². The molecule has 0 fully saturated rings. The normalized spacial score (nSPS) is 9.95. The van der Waals surface area contributed by atoms with Gasteiger partial charge in [0.2, 0.25) is 5.91 Å². The Morgan fingerprint density at radius 2 is 2.10 bits per heavy atom. The molecule has 0 heterocycles. The fourth-order valence-corrected chi connectivity index (χ4v) is 2.40. The molecule has 0 atom stereocenters. The van der Waals surface area contributed by atoms with E-state index in [1.807, 2.05) is 6.07 Å². The quantitative estimate of drug-likeness (QED) is 0.868. The van der Waals surface area contributed by atoms with E-state index < -0.39 is 5.91 Å². The summed E-state index contributed by atoms with van der Waals surface area (Å²) in [6.45, 7) is 0.434. The number of nitrogens with one attached hydrogen (secondary N) is 1. The molecule has 0 bridgehead atoms. The third-order valence-electron chi connectivity index (χ3n) is 2.91. The predicted octanol–water partition coefficient (Wildman–Crippen LogP) is 3.69. The molecule has 0 saturated heterocycles. The summed E-state index contributed by atoms with van der Waals surface area (Å²) in [5, 5.41) is 12.7. The number of carbonyl (C=O) groups is 1. The number of nitrogens with zero attached hydrogens (tertiary/aromatic N) is 1. The van der Waals surface area contributed by atoms with E-state index in [4.69, 9.17) is 22.6 Å². The summed E-state index contributed by atoms with van der Waals surface area (Å²) in [6.07, 6.45) is 0. The number of hydrogen-bond acceptors (Lipinski definition) is 3. The van der Waals surface area contributed by atoms with Gasteiger partial charge in [-0.05, 0) is 35.9 Å². The van der Waals surface area contributed by atoms with Crippen LogP contribution in [0, 0.1) is 11.3 Å². The zero-order valence-electron chi connectivity index (χ0n) is 10.9. The van der Waals surface area contributed by atoms with Gasteiger partial charge in [-0.3, -0.25) is 4.79 Å². The molecule has 2 aromatic rings. The molecule has 2 rings (SSSR count). The number of nitrogens with two attached hydrogens (primary N) is 1. The second-order valence-corrected chi connectivity index (χ2v) is 5.65. The summed E-state index contributed by atoms with van der Waals surface area (Å²) >= 11 is 9.49. The summed E-state index contributed by atoms with van der Waals surface area (Å²) in [4.78, 5) is 11.1. The van der Waals surface area contributed by atoms with E-state index in [1.54, 1.807) is 24.3 Å². The van der Waals surface area contributed by atoms with Crippen LogP contribution in [0.5, 0.6) is 0 Å². The summed E-state index contributed by atoms with van der Waals surface area (Å²) < 4.78 is 0.874. The number of benzene rings is 2. The summed E-state index contributed by atoms with van der Waals surface area (Å²) in [5.41, 5.74) is 7.63. The second-order valence-electron chi connectivity index (χ2n) is 4.33. The summed E-state index contributed by atoms with van der Waals surface area (Å²) in [7, 11) is 0. The highest BCUT2D eigenvalue weighted by Crippen LogP contribution is 2.23. The monoisotopic (exact) mass is 363 g/mol. The van der Waals surface area contributed by atoms with Crippen molar-refractivity contribution in [2.24, 2.45) is 5.73 Å². The van der Waals surface area contributed by atoms with Crippen LogP contribution in [0.25, 0.3) is 0 Å². The van der Waals surface area contributed by atoms with Crippen LogP contribution in [0.1, 0.15) is 21.5 Å². The maximum Gasteiger partial charge on any atom is 0.248 e. The minimum Gasteiger partial charge on any atom is -0.380 e. The highest BCUT2D eigenvalue weighted by atomic mass is 79.9. The van der Waals surface area contributed by atoms with Gasteiger partial charge in [0.25, 0.3) is 0 Å². The Kier molecular flexibility index (Phi) is 4.84. The smallest absolute Gasteiger partial charge is 0.248 e. The van der Waals surface area contributed by atoms with Gasteiger partial charge in [-0.1, -0.05) is 33.6 Å². The van der Waals surface area contributed by atoms with Crippen molar-refractivity contribution in [2.75, 3.05) is 5.32 Å². The van der Waals surface area contributed by atoms with E-state index in [0.717, 1.165) is 10.0 Å². The fraction of sp³-hybridized carbons (Fsp3) is 0.0667. The first-order valence-corrected chi connectivity index (χ1v) is 7.20. The Morgan fingerprint density at radius 3 is 2.71 bits per heavy atom. The topological polar surface area (TPSA) is 78.9 Å². The molecule has 6 heteroatoms. The molecule has 1 amide bonds. The Hall–Kier alpha value is -2.03. The van der Waals surface area contributed by atoms with Crippen molar-refractivity contribution < 1.29 is 4.79 Å². The molecule has 0 aliphatic carbocycles. The van der Waals surface area contributed by atoms with Gasteiger partial charge in [-0.25, -0.2) is 0 Å². The lowest BCUT2D eigenvalue weighted by atomic mass is 10.1. The molecular weight excluding hydrogens is 354 g/mol. The Labute approximate surface area is 135 Å². The number of hydrogen-bond donors (Lipinski definition) is 2. The first-order chi connectivity index (χ1) is 10.0. The lowest BCUT2D eigenvalue weighted by Crippen LogP contribution is -2.11. The summed E-state index contributed by atoms with van der Waals surface area (Å²) in [5.74, 6) is -0.518. The Bertz CT molecular complexity index is 740. The van der Waals surface area contributed by atoms with Crippen molar-refractivity contribution >= 4 is 39.1 Å². The van der Waals surface area contributed by atoms with Crippen molar-refractivity contribution in [3.8, 4) is 6.07 Å². The molecule has 0 aliphatic rings. The average Bonchev–Trinajstić information content (AvgIpc) is 2.46. The summed E-state index contributed by atoms with van der Waals surface area (Å²) in [6, 6.07) is 12.4. The number of anilines is 1. The van der Waals surface area contributed by atoms with Gasteiger partial charge in [0.05, 0.1) is 11.3 Å². The highest BCUT2D eigenvalue weighted by Gasteiger charge is 2.07. The molecule has 0 aliphatic heterocycles. The molecule has 0 spiro atoms. The molecule has 0 saturated carbocycles. The Balaban J connectivity index is 2.19. The third-order valence-corrected chi connectivity index (χ3v) is 3.75. The van der Waals surface area contributed by atoms with Crippen LogP contribution in [-0.2, 0) is 6.54 Å². The van der Waals surface area contributed by atoms with Gasteiger partial charge in [0.1, 0.15) is 6.07 Å². The van der Waals surface area contributed by atoms with Gasteiger partial charge < -0.3 is 11.1 Å². The minimum absolute atomic E-state index is 0.365. The van der Waals surface area contributed by atoms with Crippen molar-refractivity contribution in [3.63, 3.8) is 0 Å². The standard InChI is InChI=1S/C15H11BrClN3O/c16-12-4-3-10(7-18)14(6-12)20-8-11-2-1-9(15(19)21)5-13(11)17/h1-6,20H,8H2,(H2,19,21). The van der Waals surface area contributed by atoms with E-state index >= 15 is 0 Å². The maximum atomic E-state index is 11.1. The van der Waals surface area contributed by atoms with Gasteiger partial charge in [0.15, 0.2) is 0 Å². The van der Waals surface area contributed by atoms with Crippen LogP contribution in [0.3, 0.4) is 0 Å². The zero-order valence-corrected chi connectivity index (χ0v) is 13.2. The zero-order chi connectivity index (χ0) is 15.4. The van der Waals surface area contributed by atoms with Crippen molar-refractivity contribution in [3.05, 3.63) is 62.6 Å².